The van der Waals surface area contributed by atoms with Gasteiger partial charge in [0, 0.05) is 19.6 Å². The number of nitrogens with zero attached hydrogens (tertiary/aromatic N) is 2. The van der Waals surface area contributed by atoms with Gasteiger partial charge in [0.1, 0.15) is 5.82 Å². The fourth-order valence-electron chi connectivity index (χ4n) is 2.38. The van der Waals surface area contributed by atoms with E-state index >= 15 is 0 Å². The van der Waals surface area contributed by atoms with E-state index in [0.717, 1.165) is 48.5 Å². The lowest BCUT2D eigenvalue weighted by molar-refractivity contribution is 0.252. The van der Waals surface area contributed by atoms with E-state index in [1.54, 1.807) is 0 Å². The lowest BCUT2D eigenvalue weighted by Crippen LogP contribution is -2.27. The quantitative estimate of drug-likeness (QED) is 0.741. The Hall–Kier alpha value is -0.800. The first kappa shape index (κ1) is 15.6. The van der Waals surface area contributed by atoms with Crippen molar-refractivity contribution < 1.29 is 0 Å². The molecule has 2 rings (SSSR count). The molecule has 0 radical (unpaired) electrons. The average Bonchev–Trinajstić information content (AvgIpc) is 3.24. The maximum absolute atomic E-state index is 6.31. The minimum Gasteiger partial charge on any atom is -0.370 e. The first-order valence-electron chi connectivity index (χ1n) is 7.84. The van der Waals surface area contributed by atoms with E-state index in [-0.39, 0.29) is 0 Å². The van der Waals surface area contributed by atoms with E-state index in [2.05, 4.69) is 29.0 Å². The van der Waals surface area contributed by atoms with Gasteiger partial charge in [0.25, 0.3) is 0 Å². The van der Waals surface area contributed by atoms with Crippen LogP contribution in [0.25, 0.3) is 0 Å². The van der Waals surface area contributed by atoms with Crippen LogP contribution in [0.2, 0.25) is 5.02 Å². The van der Waals surface area contributed by atoms with Crippen molar-refractivity contribution in [1.29, 1.82) is 0 Å². The number of hydrogen-bond donors (Lipinski definition) is 1. The molecular weight excluding hydrogens is 270 g/mol. The van der Waals surface area contributed by atoms with Gasteiger partial charge in [-0.2, -0.15) is 0 Å². The van der Waals surface area contributed by atoms with Crippen LogP contribution in [0.15, 0.2) is 12.1 Å². The van der Waals surface area contributed by atoms with Crippen LogP contribution in [-0.2, 0) is 6.54 Å². The molecule has 3 nitrogen and oxygen atoms in total. The minimum absolute atomic E-state index is 0.781. The Morgan fingerprint density at radius 3 is 2.75 bits per heavy atom. The summed E-state index contributed by atoms with van der Waals surface area (Å²) in [5.74, 6) is 1.84. The molecule has 112 valence electrons. The SMILES string of the molecule is CCCNc1ccc(Cl)c(CN(CCC)CC2CC2)n1. The van der Waals surface area contributed by atoms with Crippen molar-refractivity contribution >= 4 is 17.4 Å². The summed E-state index contributed by atoms with van der Waals surface area (Å²) in [5.41, 5.74) is 1.00. The number of hydrogen-bond acceptors (Lipinski definition) is 3. The number of pyridine rings is 1. The van der Waals surface area contributed by atoms with E-state index < -0.39 is 0 Å². The second-order valence-electron chi connectivity index (χ2n) is 5.73. The largest absolute Gasteiger partial charge is 0.370 e. The van der Waals surface area contributed by atoms with Crippen molar-refractivity contribution in [2.24, 2.45) is 5.92 Å². The smallest absolute Gasteiger partial charge is 0.126 e. The lowest BCUT2D eigenvalue weighted by atomic mass is 10.2. The first-order valence-corrected chi connectivity index (χ1v) is 8.22. The zero-order chi connectivity index (χ0) is 14.4. The highest BCUT2D eigenvalue weighted by atomic mass is 35.5. The molecule has 0 aliphatic heterocycles. The van der Waals surface area contributed by atoms with Crippen LogP contribution in [0.5, 0.6) is 0 Å². The molecule has 0 amide bonds. The second-order valence-corrected chi connectivity index (χ2v) is 6.14. The second kappa shape index (κ2) is 7.84. The molecule has 1 aliphatic carbocycles. The van der Waals surface area contributed by atoms with Gasteiger partial charge in [0.2, 0.25) is 0 Å². The van der Waals surface area contributed by atoms with Gasteiger partial charge in [-0.1, -0.05) is 25.4 Å². The van der Waals surface area contributed by atoms with Crippen molar-refractivity contribution in [3.05, 3.63) is 22.8 Å². The Labute approximate surface area is 127 Å². The van der Waals surface area contributed by atoms with Gasteiger partial charge in [-0.3, -0.25) is 4.90 Å². The molecule has 0 atom stereocenters. The number of halogens is 1. The zero-order valence-corrected chi connectivity index (χ0v) is 13.4. The molecule has 0 spiro atoms. The molecule has 1 N–H and O–H groups in total. The monoisotopic (exact) mass is 295 g/mol. The third-order valence-electron chi connectivity index (χ3n) is 3.60. The van der Waals surface area contributed by atoms with E-state index in [1.165, 1.54) is 25.8 Å². The van der Waals surface area contributed by atoms with Crippen LogP contribution in [0.1, 0.15) is 45.2 Å². The molecule has 20 heavy (non-hydrogen) atoms. The Morgan fingerprint density at radius 2 is 2.10 bits per heavy atom. The molecule has 0 aromatic carbocycles. The van der Waals surface area contributed by atoms with Crippen molar-refractivity contribution in [2.45, 2.75) is 46.1 Å². The Kier molecular flexibility index (Phi) is 6.11. The van der Waals surface area contributed by atoms with Gasteiger partial charge in [0.05, 0.1) is 10.7 Å². The molecule has 0 bridgehead atoms. The van der Waals surface area contributed by atoms with E-state index in [4.69, 9.17) is 11.6 Å². The maximum atomic E-state index is 6.31. The number of rotatable bonds is 9. The van der Waals surface area contributed by atoms with E-state index in [0.29, 0.717) is 0 Å². The summed E-state index contributed by atoms with van der Waals surface area (Å²) in [6, 6.07) is 3.93. The van der Waals surface area contributed by atoms with Crippen molar-refractivity contribution in [3.63, 3.8) is 0 Å². The molecule has 1 aromatic rings. The maximum Gasteiger partial charge on any atom is 0.126 e. The van der Waals surface area contributed by atoms with Crippen molar-refractivity contribution in [2.75, 3.05) is 25.0 Å². The molecular formula is C16H26ClN3. The molecule has 1 aromatic heterocycles. The first-order chi connectivity index (χ1) is 9.72. The normalized spacial score (nSPS) is 14.8. The predicted molar refractivity (Wildman–Crippen MR) is 86.3 cm³/mol. The Bertz CT molecular complexity index is 418. The van der Waals surface area contributed by atoms with E-state index in [1.807, 2.05) is 12.1 Å². The number of nitrogens with one attached hydrogen (secondary N) is 1. The number of aromatic nitrogens is 1. The molecule has 0 saturated heterocycles. The van der Waals surface area contributed by atoms with Gasteiger partial charge in [-0.15, -0.1) is 0 Å². The highest BCUT2D eigenvalue weighted by Gasteiger charge is 2.24. The van der Waals surface area contributed by atoms with Gasteiger partial charge in [-0.05, 0) is 50.3 Å². The van der Waals surface area contributed by atoms with Gasteiger partial charge < -0.3 is 5.32 Å². The number of anilines is 1. The fourth-order valence-corrected chi connectivity index (χ4v) is 2.54. The third kappa shape index (κ3) is 4.95. The van der Waals surface area contributed by atoms with Crippen molar-refractivity contribution in [1.82, 2.24) is 9.88 Å². The third-order valence-corrected chi connectivity index (χ3v) is 3.95. The lowest BCUT2D eigenvalue weighted by Gasteiger charge is -2.22. The summed E-state index contributed by atoms with van der Waals surface area (Å²) in [6.45, 7) is 8.52. The van der Waals surface area contributed by atoms with E-state index in [9.17, 15) is 0 Å². The molecule has 1 aliphatic rings. The summed E-state index contributed by atoms with van der Waals surface area (Å²) in [5, 5.41) is 4.11. The average molecular weight is 296 g/mol. The van der Waals surface area contributed by atoms with Crippen LogP contribution in [0.4, 0.5) is 5.82 Å². The summed E-state index contributed by atoms with van der Waals surface area (Å²) >= 11 is 6.31. The van der Waals surface area contributed by atoms with Gasteiger partial charge in [0.15, 0.2) is 0 Å². The molecule has 1 saturated carbocycles. The van der Waals surface area contributed by atoms with Gasteiger partial charge >= 0.3 is 0 Å². The molecule has 1 heterocycles. The van der Waals surface area contributed by atoms with Crippen LogP contribution in [-0.4, -0.2) is 29.5 Å². The summed E-state index contributed by atoms with van der Waals surface area (Å²) in [4.78, 5) is 7.17. The predicted octanol–water partition coefficient (Wildman–Crippen LogP) is 4.18. The molecule has 0 unspecified atom stereocenters. The van der Waals surface area contributed by atoms with Crippen LogP contribution in [0, 0.1) is 5.92 Å². The van der Waals surface area contributed by atoms with Gasteiger partial charge in [-0.25, -0.2) is 4.98 Å². The summed E-state index contributed by atoms with van der Waals surface area (Å²) < 4.78 is 0. The molecule has 4 heteroatoms. The van der Waals surface area contributed by atoms with Crippen LogP contribution in [0.3, 0.4) is 0 Å². The standard InChI is InChI=1S/C16H26ClN3/c1-3-9-18-16-8-7-14(17)15(19-16)12-20(10-4-2)11-13-5-6-13/h7-8,13H,3-6,9-12H2,1-2H3,(H,18,19). The highest BCUT2D eigenvalue weighted by molar-refractivity contribution is 6.31. The van der Waals surface area contributed by atoms with Crippen molar-refractivity contribution in [3.8, 4) is 0 Å². The topological polar surface area (TPSA) is 28.2 Å². The molecule has 1 fully saturated rings. The van der Waals surface area contributed by atoms with Crippen LogP contribution >= 0.6 is 11.6 Å². The fraction of sp³-hybridized carbons (Fsp3) is 0.688. The zero-order valence-electron chi connectivity index (χ0n) is 12.7. The Morgan fingerprint density at radius 1 is 1.30 bits per heavy atom. The Balaban J connectivity index is 2.00. The van der Waals surface area contributed by atoms with Crippen LogP contribution < -0.4 is 5.32 Å². The highest BCUT2D eigenvalue weighted by Crippen LogP contribution is 2.30. The minimum atomic E-state index is 0.781. The summed E-state index contributed by atoms with van der Waals surface area (Å²) in [6.07, 6.45) is 5.06. The summed E-state index contributed by atoms with van der Waals surface area (Å²) in [7, 11) is 0.